The number of rotatable bonds is 9. The zero-order valence-corrected chi connectivity index (χ0v) is 23.8. The van der Waals surface area contributed by atoms with E-state index in [0.717, 1.165) is 35.3 Å². The van der Waals surface area contributed by atoms with Crippen LogP contribution in [0, 0.1) is 0 Å². The Morgan fingerprint density at radius 2 is 1.82 bits per heavy atom. The fourth-order valence-corrected chi connectivity index (χ4v) is 6.86. The molecule has 0 aliphatic rings. The van der Waals surface area contributed by atoms with Gasteiger partial charge in [0.25, 0.3) is 0 Å². The minimum absolute atomic E-state index is 0.112. The van der Waals surface area contributed by atoms with E-state index in [0.29, 0.717) is 26.3 Å². The summed E-state index contributed by atoms with van der Waals surface area (Å²) < 4.78 is 8.27. The quantitative estimate of drug-likeness (QED) is 0.143. The number of nitrogens with zero attached hydrogens (tertiary/aromatic N) is 3. The van der Waals surface area contributed by atoms with Crippen molar-refractivity contribution >= 4 is 73.0 Å². The molecule has 0 bridgehead atoms. The van der Waals surface area contributed by atoms with Crippen LogP contribution < -0.4 is 5.32 Å². The van der Waals surface area contributed by atoms with Gasteiger partial charge < -0.3 is 14.6 Å². The van der Waals surface area contributed by atoms with E-state index < -0.39 is 5.97 Å². The summed E-state index contributed by atoms with van der Waals surface area (Å²) in [5.41, 5.74) is 2.84. The van der Waals surface area contributed by atoms with E-state index in [9.17, 15) is 9.59 Å². The second kappa shape index (κ2) is 11.7. The predicted octanol–water partition coefficient (Wildman–Crippen LogP) is 7.47. The summed E-state index contributed by atoms with van der Waals surface area (Å²) in [4.78, 5) is 25.6. The van der Waals surface area contributed by atoms with Crippen LogP contribution in [0.2, 0.25) is 5.02 Å². The molecule has 0 fully saturated rings. The lowest BCUT2D eigenvalue weighted by Crippen LogP contribution is -2.16. The largest absolute Gasteiger partial charge is 0.465 e. The lowest BCUT2D eigenvalue weighted by molar-refractivity contribution is -0.113. The van der Waals surface area contributed by atoms with Gasteiger partial charge in [0, 0.05) is 43.5 Å². The maximum atomic E-state index is 13.0. The number of benzene rings is 2. The molecular weight excluding hydrogens is 560 g/mol. The van der Waals surface area contributed by atoms with Crippen molar-refractivity contribution in [1.82, 2.24) is 14.8 Å². The Bertz CT molecular complexity index is 1610. The molecule has 0 atom stereocenters. The highest BCUT2D eigenvalue weighted by Crippen LogP contribution is 2.37. The van der Waals surface area contributed by atoms with Gasteiger partial charge in [0.15, 0.2) is 11.0 Å². The maximum absolute atomic E-state index is 13.0. The molecule has 0 spiro atoms. The summed E-state index contributed by atoms with van der Waals surface area (Å²) in [6, 6.07) is 15.4. The molecule has 1 amide bonds. The molecule has 0 saturated carbocycles. The molecule has 3 aromatic heterocycles. The highest BCUT2D eigenvalue weighted by atomic mass is 35.5. The number of fused-ring (bicyclic) bond motifs is 1. The zero-order valence-electron chi connectivity index (χ0n) is 20.6. The van der Waals surface area contributed by atoms with Crippen molar-refractivity contribution in [3.05, 3.63) is 69.9 Å². The van der Waals surface area contributed by atoms with Crippen molar-refractivity contribution in [3.8, 4) is 22.5 Å². The van der Waals surface area contributed by atoms with Gasteiger partial charge in [0.1, 0.15) is 10.6 Å². The van der Waals surface area contributed by atoms with Crippen LogP contribution in [0.25, 0.3) is 32.6 Å². The van der Waals surface area contributed by atoms with Gasteiger partial charge in [-0.2, -0.15) is 0 Å². The average molecular weight is 583 g/mol. The van der Waals surface area contributed by atoms with Crippen molar-refractivity contribution in [3.63, 3.8) is 0 Å². The average Bonchev–Trinajstić information content (AvgIpc) is 3.65. The summed E-state index contributed by atoms with van der Waals surface area (Å²) >= 11 is 10.3. The van der Waals surface area contributed by atoms with Crippen LogP contribution in [0.1, 0.15) is 23.7 Å². The summed E-state index contributed by atoms with van der Waals surface area (Å²) in [5, 5.41) is 18.5. The molecule has 5 rings (SSSR count). The molecular formula is C27H23ClN4O3S3. The second-order valence-electron chi connectivity index (χ2n) is 8.29. The number of nitrogens with one attached hydrogen (secondary N) is 1. The molecule has 38 heavy (non-hydrogen) atoms. The Morgan fingerprint density at radius 3 is 2.58 bits per heavy atom. The van der Waals surface area contributed by atoms with Crippen LogP contribution in [0.3, 0.4) is 0 Å². The van der Waals surface area contributed by atoms with E-state index in [1.807, 2.05) is 29.6 Å². The number of amides is 1. The molecule has 1 N–H and O–H groups in total. The SMILES string of the molecule is CCCn1c(SCC(=O)Nc2scc(-c3ccc(Cl)cc3)c2C(=O)OC)nnc1-c1csc2ccccc12. The number of esters is 1. The topological polar surface area (TPSA) is 86.1 Å². The van der Waals surface area contributed by atoms with E-state index in [1.54, 1.807) is 23.5 Å². The standard InChI is InChI=1S/C27H23ClN4O3S3/c1-3-12-32-24(20-14-36-21-7-5-4-6-18(20)21)30-31-27(32)38-15-22(33)29-25-23(26(34)35-2)19(13-37-25)16-8-10-17(28)11-9-16/h4-11,13-14H,3,12,15H2,1-2H3,(H,29,33). The first-order valence-electron chi connectivity index (χ1n) is 11.8. The smallest absolute Gasteiger partial charge is 0.341 e. The van der Waals surface area contributed by atoms with Gasteiger partial charge in [0.2, 0.25) is 5.91 Å². The number of ether oxygens (including phenoxy) is 1. The summed E-state index contributed by atoms with van der Waals surface area (Å²) in [5.74, 6) is 0.139. The monoisotopic (exact) mass is 582 g/mol. The van der Waals surface area contributed by atoms with Crippen molar-refractivity contribution in [1.29, 1.82) is 0 Å². The minimum atomic E-state index is -0.519. The number of carbonyl (C=O) groups excluding carboxylic acids is 2. The number of thioether (sulfide) groups is 1. The first kappa shape index (κ1) is 26.4. The third-order valence-corrected chi connectivity index (χ3v) is 8.88. The Balaban J connectivity index is 1.35. The molecule has 0 radical (unpaired) electrons. The number of hydrogen-bond donors (Lipinski definition) is 1. The first-order chi connectivity index (χ1) is 18.5. The van der Waals surface area contributed by atoms with E-state index in [4.69, 9.17) is 16.3 Å². The maximum Gasteiger partial charge on any atom is 0.341 e. The molecule has 0 aliphatic carbocycles. The number of anilines is 1. The molecule has 3 heterocycles. The van der Waals surface area contributed by atoms with E-state index in [2.05, 4.69) is 44.5 Å². The third-order valence-electron chi connectivity index (χ3n) is 5.81. The predicted molar refractivity (Wildman–Crippen MR) is 157 cm³/mol. The summed E-state index contributed by atoms with van der Waals surface area (Å²) in [7, 11) is 1.32. The molecule has 194 valence electrons. The van der Waals surface area contributed by atoms with Crippen LogP contribution >= 0.6 is 46.0 Å². The Kier molecular flexibility index (Phi) is 8.13. The highest BCUT2D eigenvalue weighted by Gasteiger charge is 2.23. The number of carbonyl (C=O) groups is 2. The minimum Gasteiger partial charge on any atom is -0.465 e. The van der Waals surface area contributed by atoms with Gasteiger partial charge in [-0.1, -0.05) is 60.6 Å². The molecule has 0 unspecified atom stereocenters. The number of aromatic nitrogens is 3. The van der Waals surface area contributed by atoms with Crippen molar-refractivity contribution in [2.24, 2.45) is 0 Å². The fourth-order valence-electron chi connectivity index (χ4n) is 4.06. The Hall–Kier alpha value is -3.18. The first-order valence-corrected chi connectivity index (χ1v) is 14.9. The van der Waals surface area contributed by atoms with Crippen LogP contribution in [0.4, 0.5) is 5.00 Å². The molecule has 2 aromatic carbocycles. The van der Waals surface area contributed by atoms with Gasteiger partial charge in [-0.05, 0) is 30.2 Å². The van der Waals surface area contributed by atoms with Gasteiger partial charge >= 0.3 is 5.97 Å². The summed E-state index contributed by atoms with van der Waals surface area (Å²) in [6.07, 6.45) is 0.901. The van der Waals surface area contributed by atoms with Crippen molar-refractivity contribution < 1.29 is 14.3 Å². The van der Waals surface area contributed by atoms with Crippen LogP contribution in [-0.2, 0) is 16.1 Å². The number of thiophene rings is 2. The Morgan fingerprint density at radius 1 is 1.05 bits per heavy atom. The van der Waals surface area contributed by atoms with Gasteiger partial charge in [-0.15, -0.1) is 32.9 Å². The molecule has 5 aromatic rings. The second-order valence-corrected chi connectivity index (χ2v) is 11.5. The molecule has 0 aliphatic heterocycles. The lowest BCUT2D eigenvalue weighted by atomic mass is 10.0. The summed E-state index contributed by atoms with van der Waals surface area (Å²) in [6.45, 7) is 2.83. The third kappa shape index (κ3) is 5.35. The highest BCUT2D eigenvalue weighted by molar-refractivity contribution is 7.99. The van der Waals surface area contributed by atoms with Gasteiger partial charge in [-0.25, -0.2) is 4.79 Å². The van der Waals surface area contributed by atoms with Gasteiger partial charge in [0.05, 0.1) is 12.9 Å². The number of hydrogen-bond acceptors (Lipinski definition) is 8. The van der Waals surface area contributed by atoms with E-state index in [-0.39, 0.29) is 11.7 Å². The zero-order chi connectivity index (χ0) is 26.6. The van der Waals surface area contributed by atoms with E-state index in [1.165, 1.54) is 34.9 Å². The normalized spacial score (nSPS) is 11.1. The fraction of sp³-hybridized carbons (Fsp3) is 0.185. The number of halogens is 1. The molecule has 0 saturated heterocycles. The lowest BCUT2D eigenvalue weighted by Gasteiger charge is -2.09. The molecule has 11 heteroatoms. The molecule has 7 nitrogen and oxygen atoms in total. The number of methoxy groups -OCH3 is 1. The van der Waals surface area contributed by atoms with Crippen molar-refractivity contribution in [2.75, 3.05) is 18.2 Å². The van der Waals surface area contributed by atoms with Crippen LogP contribution in [0.15, 0.2) is 64.4 Å². The van der Waals surface area contributed by atoms with Crippen LogP contribution in [0.5, 0.6) is 0 Å². The van der Waals surface area contributed by atoms with Crippen LogP contribution in [-0.4, -0.2) is 39.5 Å². The van der Waals surface area contributed by atoms with Gasteiger partial charge in [-0.3, -0.25) is 4.79 Å². The van der Waals surface area contributed by atoms with Crippen molar-refractivity contribution in [2.45, 2.75) is 25.0 Å². The van der Waals surface area contributed by atoms with E-state index >= 15 is 0 Å². The Labute approximate surface area is 236 Å².